The van der Waals surface area contributed by atoms with Gasteiger partial charge in [0.1, 0.15) is 5.60 Å². The van der Waals surface area contributed by atoms with E-state index in [1.807, 2.05) is 0 Å². The van der Waals surface area contributed by atoms with Crippen molar-refractivity contribution in [3.05, 3.63) is 47.6 Å². The van der Waals surface area contributed by atoms with Crippen LogP contribution in [0.15, 0.2) is 47.6 Å². The molecule has 0 unspecified atom stereocenters. The molecule has 3 saturated carbocycles. The number of allylic oxidation sites excluding steroid dienone is 5. The molecule has 0 saturated heterocycles. The zero-order chi connectivity index (χ0) is 23.0. The van der Waals surface area contributed by atoms with Gasteiger partial charge in [-0.1, -0.05) is 55.9 Å². The molecule has 0 aromatic rings. The van der Waals surface area contributed by atoms with Crippen LogP contribution in [-0.2, 0) is 0 Å². The molecule has 0 bridgehead atoms. The smallest absolute Gasteiger partial charge is 0.108 e. The Balaban J connectivity index is 1.77. The Morgan fingerprint density at radius 2 is 1.81 bits per heavy atom. The number of hydrogen-bond donors (Lipinski definition) is 3. The van der Waals surface area contributed by atoms with Gasteiger partial charge in [0, 0.05) is 0 Å². The third-order valence-electron chi connectivity index (χ3n) is 8.82. The van der Waals surface area contributed by atoms with Crippen LogP contribution in [0.5, 0.6) is 0 Å². The van der Waals surface area contributed by atoms with E-state index in [0.717, 1.165) is 19.3 Å². The van der Waals surface area contributed by atoms with Crippen LogP contribution in [0.2, 0.25) is 0 Å². The second kappa shape index (κ2) is 9.00. The van der Waals surface area contributed by atoms with Crippen molar-refractivity contribution in [3.63, 3.8) is 0 Å². The normalized spacial score (nSPS) is 37.9. The molecule has 174 valence electrons. The van der Waals surface area contributed by atoms with E-state index in [4.69, 9.17) is 0 Å². The number of fused-ring (bicyclic) bond motifs is 1. The molecule has 31 heavy (non-hydrogen) atoms. The minimum Gasteiger partial charge on any atom is -0.393 e. The van der Waals surface area contributed by atoms with E-state index < -0.39 is 11.2 Å². The summed E-state index contributed by atoms with van der Waals surface area (Å²) in [5.41, 5.74) is 1.83. The molecule has 0 aliphatic heterocycles. The molecular weight excluding hydrogens is 384 g/mol. The molecule has 0 aromatic carbocycles. The minimum absolute atomic E-state index is 0.226. The zero-order valence-corrected chi connectivity index (χ0v) is 20.3. The molecular formula is C28H44O3. The predicted molar refractivity (Wildman–Crippen MR) is 129 cm³/mol. The summed E-state index contributed by atoms with van der Waals surface area (Å²) < 4.78 is 0. The van der Waals surface area contributed by atoms with Crippen LogP contribution < -0.4 is 0 Å². The lowest BCUT2D eigenvalue weighted by atomic mass is 9.61. The molecule has 3 heteroatoms. The Hall–Kier alpha value is -1.16. The number of aliphatic hydroxyl groups excluding tert-OH is 1. The van der Waals surface area contributed by atoms with Gasteiger partial charge in [-0.3, -0.25) is 0 Å². The summed E-state index contributed by atoms with van der Waals surface area (Å²) in [5.74, 6) is 1.54. The second-order valence-corrected chi connectivity index (χ2v) is 11.5. The maximum atomic E-state index is 10.6. The third-order valence-corrected chi connectivity index (χ3v) is 8.82. The van der Waals surface area contributed by atoms with Crippen LogP contribution in [0, 0.1) is 23.2 Å². The molecule has 3 aliphatic rings. The molecule has 3 rings (SSSR count). The fourth-order valence-corrected chi connectivity index (χ4v) is 6.22. The number of rotatable bonds is 5. The van der Waals surface area contributed by atoms with E-state index in [1.54, 1.807) is 32.4 Å². The first-order valence-corrected chi connectivity index (χ1v) is 12.2. The lowest BCUT2D eigenvalue weighted by molar-refractivity contribution is -0.0886. The first-order chi connectivity index (χ1) is 14.3. The van der Waals surface area contributed by atoms with E-state index >= 15 is 0 Å². The van der Waals surface area contributed by atoms with Crippen molar-refractivity contribution in [1.29, 1.82) is 0 Å². The second-order valence-electron chi connectivity index (χ2n) is 11.5. The van der Waals surface area contributed by atoms with Crippen LogP contribution in [0.1, 0.15) is 86.0 Å². The summed E-state index contributed by atoms with van der Waals surface area (Å²) in [6.07, 6.45) is 16.8. The Kier molecular flexibility index (Phi) is 7.11. The van der Waals surface area contributed by atoms with Gasteiger partial charge in [-0.15, -0.1) is 0 Å². The van der Waals surface area contributed by atoms with Gasteiger partial charge >= 0.3 is 0 Å². The van der Waals surface area contributed by atoms with E-state index in [0.29, 0.717) is 17.8 Å². The van der Waals surface area contributed by atoms with Crippen LogP contribution >= 0.6 is 0 Å². The predicted octanol–water partition coefficient (Wildman–Crippen LogP) is 5.87. The fourth-order valence-electron chi connectivity index (χ4n) is 6.22. The molecule has 3 nitrogen and oxygen atoms in total. The molecule has 0 aromatic heterocycles. The van der Waals surface area contributed by atoms with Gasteiger partial charge in [-0.05, 0) is 101 Å². The van der Waals surface area contributed by atoms with Gasteiger partial charge < -0.3 is 15.3 Å². The van der Waals surface area contributed by atoms with Crippen molar-refractivity contribution in [2.75, 3.05) is 0 Å². The van der Waals surface area contributed by atoms with Crippen LogP contribution in [-0.4, -0.2) is 32.6 Å². The standard InChI is InChI=1S/C28H44O3/c1-19-9-12-23(29)18-22(19)11-10-21-8-7-16-27(5)24(13-14-25(21)27)20(2)15-17-28(6,31)26(3,4)30/h10-11,15,17,20,23-25,29-31H,1,7-9,12-14,16,18H2,2-6H3/b17-15+,21-10+,22-11+/t20-,23+,24-,25+,27-,28-/m1/s1. The fraction of sp³-hybridized carbons (Fsp3) is 0.714. The Bertz CT molecular complexity index is 764. The van der Waals surface area contributed by atoms with Gasteiger partial charge in [0.05, 0.1) is 11.7 Å². The monoisotopic (exact) mass is 428 g/mol. The van der Waals surface area contributed by atoms with E-state index in [1.165, 1.54) is 43.3 Å². The number of hydrogen-bond acceptors (Lipinski definition) is 3. The van der Waals surface area contributed by atoms with Crippen molar-refractivity contribution in [1.82, 2.24) is 0 Å². The SMILES string of the molecule is C=C1CC[C@H](O)C/C1=C\C=C1/CCC[C@]2(C)[C@@H]([C@H](C)/C=C/[C@@](C)(O)C(C)(C)O)CC[C@@H]12. The maximum absolute atomic E-state index is 10.6. The molecule has 3 aliphatic carbocycles. The van der Waals surface area contributed by atoms with Crippen LogP contribution in [0.4, 0.5) is 0 Å². The van der Waals surface area contributed by atoms with Gasteiger partial charge in [0.2, 0.25) is 0 Å². The van der Waals surface area contributed by atoms with Gasteiger partial charge in [-0.2, -0.15) is 0 Å². The molecule has 0 radical (unpaired) electrons. The van der Waals surface area contributed by atoms with Crippen LogP contribution in [0.25, 0.3) is 0 Å². The molecule has 6 atom stereocenters. The zero-order valence-electron chi connectivity index (χ0n) is 20.3. The van der Waals surface area contributed by atoms with Gasteiger partial charge in [-0.25, -0.2) is 0 Å². The highest BCUT2D eigenvalue weighted by Crippen LogP contribution is 2.59. The van der Waals surface area contributed by atoms with E-state index in [2.05, 4.69) is 38.7 Å². The van der Waals surface area contributed by atoms with Gasteiger partial charge in [0.15, 0.2) is 0 Å². The average molecular weight is 429 g/mol. The summed E-state index contributed by atoms with van der Waals surface area (Å²) >= 11 is 0. The summed E-state index contributed by atoms with van der Waals surface area (Å²) in [5, 5.41) is 30.9. The quantitative estimate of drug-likeness (QED) is 0.480. The van der Waals surface area contributed by atoms with Crippen molar-refractivity contribution < 1.29 is 15.3 Å². The lowest BCUT2D eigenvalue weighted by Crippen LogP contribution is -2.46. The van der Waals surface area contributed by atoms with Gasteiger partial charge in [0.25, 0.3) is 0 Å². The Labute approximate surface area is 189 Å². The molecule has 0 amide bonds. The summed E-state index contributed by atoms with van der Waals surface area (Å²) in [7, 11) is 0. The van der Waals surface area contributed by atoms with E-state index in [-0.39, 0.29) is 11.5 Å². The third kappa shape index (κ3) is 5.10. The highest BCUT2D eigenvalue weighted by molar-refractivity contribution is 5.36. The minimum atomic E-state index is -1.24. The average Bonchev–Trinajstić information content (AvgIpc) is 3.03. The molecule has 3 fully saturated rings. The Morgan fingerprint density at radius 3 is 2.48 bits per heavy atom. The maximum Gasteiger partial charge on any atom is 0.108 e. The molecule has 3 N–H and O–H groups in total. The topological polar surface area (TPSA) is 60.7 Å². The van der Waals surface area contributed by atoms with E-state index in [9.17, 15) is 15.3 Å². The van der Waals surface area contributed by atoms with Crippen LogP contribution in [0.3, 0.4) is 0 Å². The number of aliphatic hydroxyl groups is 3. The summed E-state index contributed by atoms with van der Waals surface area (Å²) in [6.45, 7) is 13.9. The van der Waals surface area contributed by atoms with Crippen molar-refractivity contribution in [2.24, 2.45) is 23.2 Å². The summed E-state index contributed by atoms with van der Waals surface area (Å²) in [6, 6.07) is 0. The molecule has 0 heterocycles. The first-order valence-electron chi connectivity index (χ1n) is 12.2. The van der Waals surface area contributed by atoms with Crippen molar-refractivity contribution in [3.8, 4) is 0 Å². The highest BCUT2D eigenvalue weighted by atomic mass is 16.3. The Morgan fingerprint density at radius 1 is 1.10 bits per heavy atom. The van der Waals surface area contributed by atoms with Crippen molar-refractivity contribution >= 4 is 0 Å². The van der Waals surface area contributed by atoms with Crippen molar-refractivity contribution in [2.45, 2.75) is 103 Å². The molecule has 0 spiro atoms. The largest absolute Gasteiger partial charge is 0.393 e. The summed E-state index contributed by atoms with van der Waals surface area (Å²) in [4.78, 5) is 0. The highest BCUT2D eigenvalue weighted by Gasteiger charge is 2.50. The first kappa shape index (κ1) is 24.5. The lowest BCUT2D eigenvalue weighted by Gasteiger charge is -2.44.